The molecular weight excluding hydrogens is 386 g/mol. The molecule has 1 aromatic heterocycles. The zero-order valence-corrected chi connectivity index (χ0v) is 16.3. The Balaban J connectivity index is 1.89. The zero-order valence-electron chi connectivity index (χ0n) is 15.5. The first-order chi connectivity index (χ1) is 13.1. The Morgan fingerprint density at radius 3 is 2.64 bits per heavy atom. The lowest BCUT2D eigenvalue weighted by molar-refractivity contribution is -0.123. The Labute approximate surface area is 161 Å². The molecule has 0 fully saturated rings. The number of ether oxygens (including phenoxy) is 1. The molecule has 3 rings (SSSR count). The minimum atomic E-state index is -4.27. The lowest BCUT2D eigenvalue weighted by Crippen LogP contribution is -2.37. The van der Waals surface area contributed by atoms with Gasteiger partial charge in [0.15, 0.2) is 6.10 Å². The highest BCUT2D eigenvalue weighted by Crippen LogP contribution is 2.32. The van der Waals surface area contributed by atoms with E-state index >= 15 is 0 Å². The van der Waals surface area contributed by atoms with Crippen molar-refractivity contribution in [1.82, 2.24) is 9.29 Å². The van der Waals surface area contributed by atoms with Crippen LogP contribution in [0.3, 0.4) is 0 Å². The lowest BCUT2D eigenvalue weighted by atomic mass is 10.2. The zero-order chi connectivity index (χ0) is 20.6. The fourth-order valence-electron chi connectivity index (χ4n) is 2.70. The van der Waals surface area contributed by atoms with Crippen molar-refractivity contribution >= 4 is 27.5 Å². The average molecular weight is 405 g/mol. The van der Waals surface area contributed by atoms with Gasteiger partial charge in [-0.1, -0.05) is 6.92 Å². The van der Waals surface area contributed by atoms with Crippen LogP contribution < -0.4 is 20.3 Å². The molecule has 0 spiro atoms. The molecule has 0 saturated carbocycles. The number of benzene rings is 1. The van der Waals surface area contributed by atoms with Crippen LogP contribution in [-0.4, -0.2) is 30.9 Å². The molecule has 0 bridgehead atoms. The van der Waals surface area contributed by atoms with Crippen molar-refractivity contribution in [2.45, 2.75) is 31.3 Å². The monoisotopic (exact) mass is 405 g/mol. The van der Waals surface area contributed by atoms with Gasteiger partial charge >= 0.3 is 0 Å². The molecule has 0 aliphatic carbocycles. The largest absolute Gasteiger partial charge is 0.478 e. The van der Waals surface area contributed by atoms with Gasteiger partial charge in [-0.15, -0.1) is 0 Å². The molecule has 2 N–H and O–H groups in total. The normalized spacial score (nSPS) is 16.0. The molecule has 148 valence electrons. The van der Waals surface area contributed by atoms with E-state index in [4.69, 9.17) is 4.74 Å². The summed E-state index contributed by atoms with van der Waals surface area (Å²) in [5.41, 5.74) is -0.0852. The van der Waals surface area contributed by atoms with Gasteiger partial charge in [0.25, 0.3) is 27.4 Å². The van der Waals surface area contributed by atoms with Crippen LogP contribution in [0.15, 0.2) is 40.0 Å². The molecule has 1 aromatic carbocycles. The highest BCUT2D eigenvalue weighted by atomic mass is 32.2. The van der Waals surface area contributed by atoms with Gasteiger partial charge in [0.1, 0.15) is 11.3 Å². The number of fused-ring (bicyclic) bond motifs is 1. The van der Waals surface area contributed by atoms with Crippen molar-refractivity contribution < 1.29 is 22.7 Å². The molecule has 2 aromatic rings. The third-order valence-electron chi connectivity index (χ3n) is 4.48. The number of rotatable bonds is 4. The van der Waals surface area contributed by atoms with Crippen molar-refractivity contribution in [3.05, 3.63) is 51.9 Å². The second-order valence-corrected chi connectivity index (χ2v) is 8.03. The number of pyridine rings is 1. The van der Waals surface area contributed by atoms with E-state index in [0.29, 0.717) is 17.9 Å². The molecular formula is C18H19N3O6S. The number of sulfonamides is 1. The van der Waals surface area contributed by atoms with Crippen LogP contribution in [0.2, 0.25) is 0 Å². The van der Waals surface area contributed by atoms with Crippen molar-refractivity contribution in [3.8, 4) is 5.75 Å². The first-order valence-electron chi connectivity index (χ1n) is 8.49. The van der Waals surface area contributed by atoms with Gasteiger partial charge in [0.2, 0.25) is 0 Å². The van der Waals surface area contributed by atoms with Gasteiger partial charge in [0, 0.05) is 12.7 Å². The summed E-state index contributed by atoms with van der Waals surface area (Å²) in [5.74, 6) is -1.08. The van der Waals surface area contributed by atoms with Gasteiger partial charge in [-0.3, -0.25) is 14.4 Å². The van der Waals surface area contributed by atoms with E-state index in [2.05, 4.69) is 5.32 Å². The summed E-state index contributed by atoms with van der Waals surface area (Å²) in [4.78, 5) is 36.2. The molecule has 9 nitrogen and oxygen atoms in total. The van der Waals surface area contributed by atoms with E-state index in [1.165, 1.54) is 35.9 Å². The Morgan fingerprint density at radius 2 is 1.96 bits per heavy atom. The van der Waals surface area contributed by atoms with Crippen molar-refractivity contribution in [1.29, 1.82) is 0 Å². The molecule has 2 heterocycles. The molecule has 1 aliphatic heterocycles. The molecule has 10 heteroatoms. The lowest BCUT2D eigenvalue weighted by Gasteiger charge is -2.25. The quantitative estimate of drug-likeness (QED) is 0.780. The highest BCUT2D eigenvalue weighted by Gasteiger charge is 2.28. The van der Waals surface area contributed by atoms with Crippen LogP contribution >= 0.6 is 0 Å². The number of amides is 2. The predicted molar refractivity (Wildman–Crippen MR) is 101 cm³/mol. The summed E-state index contributed by atoms with van der Waals surface area (Å²) in [6.45, 7) is 3.48. The maximum atomic E-state index is 12.6. The fraction of sp³-hybridized carbons (Fsp3) is 0.278. The Morgan fingerprint density at radius 1 is 1.25 bits per heavy atom. The smallest absolute Gasteiger partial charge is 0.270 e. The van der Waals surface area contributed by atoms with Gasteiger partial charge in [-0.05, 0) is 43.7 Å². The molecule has 28 heavy (non-hydrogen) atoms. The van der Waals surface area contributed by atoms with E-state index in [-0.39, 0.29) is 22.1 Å². The van der Waals surface area contributed by atoms with Crippen molar-refractivity contribution in [3.63, 3.8) is 0 Å². The number of nitrogens with one attached hydrogen (secondary N) is 2. The van der Waals surface area contributed by atoms with Gasteiger partial charge < -0.3 is 14.6 Å². The number of hydrogen-bond acceptors (Lipinski definition) is 6. The summed E-state index contributed by atoms with van der Waals surface area (Å²) in [5, 5.41) is 2.59. The first-order valence-corrected chi connectivity index (χ1v) is 9.97. The standard InChI is InChI=1S/C18H19N3O6S/c1-4-14-17(23)19-13-9-11(6-8-15(13)27-14)28(25,26)20-16(22)12-7-5-10(2)21(3)18(12)24/h5-9,14H,4H2,1-3H3,(H,19,23)(H,20,22). The highest BCUT2D eigenvalue weighted by molar-refractivity contribution is 7.90. The number of aromatic nitrogens is 1. The van der Waals surface area contributed by atoms with Crippen LogP contribution in [0.25, 0.3) is 0 Å². The van der Waals surface area contributed by atoms with Crippen LogP contribution in [0.5, 0.6) is 5.75 Å². The second kappa shape index (κ2) is 7.12. The molecule has 1 atom stereocenters. The van der Waals surface area contributed by atoms with Crippen LogP contribution in [0.1, 0.15) is 29.4 Å². The number of aryl methyl sites for hydroxylation is 1. The van der Waals surface area contributed by atoms with E-state index in [1.807, 2.05) is 4.72 Å². The summed E-state index contributed by atoms with van der Waals surface area (Å²) in [6.07, 6.45) is -0.181. The fourth-order valence-corrected chi connectivity index (χ4v) is 3.69. The third kappa shape index (κ3) is 3.50. The number of hydrogen-bond donors (Lipinski definition) is 2. The Bertz CT molecular complexity index is 1140. The summed E-state index contributed by atoms with van der Waals surface area (Å²) in [6, 6.07) is 6.67. The van der Waals surface area contributed by atoms with Crippen LogP contribution in [-0.2, 0) is 21.9 Å². The van der Waals surface area contributed by atoms with Gasteiger partial charge in [-0.25, -0.2) is 13.1 Å². The third-order valence-corrected chi connectivity index (χ3v) is 5.81. The van der Waals surface area contributed by atoms with Crippen molar-refractivity contribution in [2.75, 3.05) is 5.32 Å². The first kappa shape index (κ1) is 19.6. The maximum Gasteiger partial charge on any atom is 0.270 e. The van der Waals surface area contributed by atoms with Crippen LogP contribution in [0, 0.1) is 6.92 Å². The number of anilines is 1. The van der Waals surface area contributed by atoms with Gasteiger partial charge in [-0.2, -0.15) is 0 Å². The SMILES string of the molecule is CCC1Oc2ccc(S(=O)(=O)NC(=O)c3ccc(C)n(C)c3=O)cc2NC1=O. The second-order valence-electron chi connectivity index (χ2n) is 6.35. The summed E-state index contributed by atoms with van der Waals surface area (Å²) in [7, 11) is -2.79. The number of carbonyl (C=O) groups is 2. The van der Waals surface area contributed by atoms with E-state index in [9.17, 15) is 22.8 Å². The Kier molecular flexibility index (Phi) is 4.99. The topological polar surface area (TPSA) is 124 Å². The predicted octanol–water partition coefficient (Wildman–Crippen LogP) is 0.922. The number of nitrogens with zero attached hydrogens (tertiary/aromatic N) is 1. The van der Waals surface area contributed by atoms with Crippen LogP contribution in [0.4, 0.5) is 5.69 Å². The Hall–Kier alpha value is -3.14. The summed E-state index contributed by atoms with van der Waals surface area (Å²) >= 11 is 0. The molecule has 2 amide bonds. The molecule has 1 aliphatic rings. The van der Waals surface area contributed by atoms with E-state index < -0.39 is 27.6 Å². The molecule has 0 saturated heterocycles. The molecule has 0 radical (unpaired) electrons. The minimum absolute atomic E-state index is 0.191. The summed E-state index contributed by atoms with van der Waals surface area (Å²) < 4.78 is 33.8. The van der Waals surface area contributed by atoms with Crippen molar-refractivity contribution in [2.24, 2.45) is 7.05 Å². The average Bonchev–Trinajstić information content (AvgIpc) is 2.64. The minimum Gasteiger partial charge on any atom is -0.478 e. The van der Waals surface area contributed by atoms with E-state index in [1.54, 1.807) is 19.9 Å². The molecule has 1 unspecified atom stereocenters. The maximum absolute atomic E-state index is 12.6. The van der Waals surface area contributed by atoms with E-state index in [0.717, 1.165) is 0 Å². The number of carbonyl (C=O) groups excluding carboxylic acids is 2. The van der Waals surface area contributed by atoms with Gasteiger partial charge in [0.05, 0.1) is 10.6 Å².